The van der Waals surface area contributed by atoms with Crippen LogP contribution in [0.2, 0.25) is 5.02 Å². The van der Waals surface area contributed by atoms with Crippen LogP contribution in [0.15, 0.2) is 41.3 Å². The van der Waals surface area contributed by atoms with Crippen molar-refractivity contribution < 1.29 is 14.7 Å². The Bertz CT molecular complexity index is 1280. The average molecular weight is 472 g/mol. The monoisotopic (exact) mass is 471 g/mol. The third-order valence-electron chi connectivity index (χ3n) is 5.97. The molecule has 1 aliphatic heterocycles. The van der Waals surface area contributed by atoms with Crippen molar-refractivity contribution in [1.82, 2.24) is 19.3 Å². The molecule has 1 atom stereocenters. The van der Waals surface area contributed by atoms with Gasteiger partial charge in [0.25, 0.3) is 5.56 Å². The van der Waals surface area contributed by atoms with Crippen molar-refractivity contribution >= 4 is 35.1 Å². The van der Waals surface area contributed by atoms with E-state index in [1.165, 1.54) is 24.3 Å². The van der Waals surface area contributed by atoms with Crippen LogP contribution in [0.1, 0.15) is 33.6 Å². The quantitative estimate of drug-likeness (QED) is 0.572. The number of aliphatic carboxylic acids is 1. The summed E-state index contributed by atoms with van der Waals surface area (Å²) in [5, 5.41) is 12.6. The number of carbonyl (C=O) groups is 2. The molecule has 2 N–H and O–H groups in total. The van der Waals surface area contributed by atoms with Gasteiger partial charge in [-0.1, -0.05) is 23.7 Å². The number of aromatic nitrogens is 3. The largest absolute Gasteiger partial charge is 0.480 e. The lowest BCUT2D eigenvalue weighted by molar-refractivity contribution is -0.146. The molecule has 3 aromatic rings. The molecule has 10 heteroatoms. The maximum atomic E-state index is 13.0. The number of halogens is 1. The molecule has 1 aliphatic rings. The third-order valence-corrected chi connectivity index (χ3v) is 6.22. The Morgan fingerprint density at radius 2 is 1.97 bits per heavy atom. The molecule has 0 spiro atoms. The molecule has 1 saturated heterocycles. The first-order chi connectivity index (χ1) is 15.6. The number of anilines is 1. The second kappa shape index (κ2) is 8.55. The number of nitrogens with one attached hydrogen (secondary N) is 1. The van der Waals surface area contributed by atoms with Crippen LogP contribution in [0.25, 0.3) is 17.0 Å². The summed E-state index contributed by atoms with van der Waals surface area (Å²) in [4.78, 5) is 44.0. The molecule has 0 unspecified atom stereocenters. The number of carboxylic acid groups (broad SMARTS) is 1. The van der Waals surface area contributed by atoms with Crippen molar-refractivity contribution in [2.45, 2.75) is 51.7 Å². The normalized spacial score (nSPS) is 16.4. The zero-order valence-corrected chi connectivity index (χ0v) is 19.5. The molecule has 1 aromatic carbocycles. The lowest BCUT2D eigenvalue weighted by atomic mass is 10.0. The molecule has 0 bridgehead atoms. The maximum absolute atomic E-state index is 13.0. The summed E-state index contributed by atoms with van der Waals surface area (Å²) in [7, 11) is 0. The minimum atomic E-state index is -1.39. The van der Waals surface area contributed by atoms with Gasteiger partial charge in [0.2, 0.25) is 11.7 Å². The molecular formula is C23H26ClN5O4. The van der Waals surface area contributed by atoms with Crippen molar-refractivity contribution in [3.8, 4) is 11.3 Å². The van der Waals surface area contributed by atoms with Crippen molar-refractivity contribution in [3.63, 3.8) is 0 Å². The standard InChI is InChI=1S/C23H26ClN5O4/c1-4-27-18(28-11-5-6-17(28)20(31)26-23(2,3)21(32)33)12-19(30)29-13-16(25-22(27)29)14-7-9-15(24)10-8-14/h7-10,12-13,17H,4-6,11H2,1-3H3,(H,26,31)(H,32,33)/t17-/m0/s1. The Kier molecular flexibility index (Phi) is 5.92. The first-order valence-corrected chi connectivity index (χ1v) is 11.2. The zero-order chi connectivity index (χ0) is 23.9. The predicted octanol–water partition coefficient (Wildman–Crippen LogP) is 2.78. The number of rotatable bonds is 6. The Balaban J connectivity index is 1.75. The third kappa shape index (κ3) is 4.20. The predicted molar refractivity (Wildman–Crippen MR) is 126 cm³/mol. The summed E-state index contributed by atoms with van der Waals surface area (Å²) in [5.74, 6) is -0.421. The summed E-state index contributed by atoms with van der Waals surface area (Å²) in [5.41, 5.74) is -0.173. The van der Waals surface area contributed by atoms with Gasteiger partial charge in [0.1, 0.15) is 17.4 Å². The van der Waals surface area contributed by atoms with E-state index in [4.69, 9.17) is 16.6 Å². The number of hydrogen-bond donors (Lipinski definition) is 2. The van der Waals surface area contributed by atoms with Crippen LogP contribution in [0, 0.1) is 0 Å². The van der Waals surface area contributed by atoms with E-state index in [1.54, 1.807) is 18.3 Å². The van der Waals surface area contributed by atoms with Crippen molar-refractivity contribution in [2.75, 3.05) is 11.4 Å². The molecule has 0 saturated carbocycles. The van der Waals surface area contributed by atoms with E-state index in [1.807, 2.05) is 28.5 Å². The fourth-order valence-electron chi connectivity index (χ4n) is 4.14. The van der Waals surface area contributed by atoms with E-state index < -0.39 is 17.6 Å². The first-order valence-electron chi connectivity index (χ1n) is 10.8. The molecular weight excluding hydrogens is 446 g/mol. The van der Waals surface area contributed by atoms with E-state index >= 15 is 0 Å². The van der Waals surface area contributed by atoms with E-state index in [9.17, 15) is 19.5 Å². The molecule has 4 rings (SSSR count). The fraction of sp³-hybridized carbons (Fsp3) is 0.391. The smallest absolute Gasteiger partial charge is 0.328 e. The van der Waals surface area contributed by atoms with Crippen LogP contribution in [0.4, 0.5) is 5.82 Å². The van der Waals surface area contributed by atoms with Gasteiger partial charge in [-0.05, 0) is 45.7 Å². The second-order valence-corrected chi connectivity index (χ2v) is 9.10. The zero-order valence-electron chi connectivity index (χ0n) is 18.7. The molecule has 2 aromatic heterocycles. The minimum Gasteiger partial charge on any atom is -0.480 e. The lowest BCUT2D eigenvalue weighted by Crippen LogP contribution is -2.55. The summed E-state index contributed by atoms with van der Waals surface area (Å²) < 4.78 is 3.39. The summed E-state index contributed by atoms with van der Waals surface area (Å²) in [6.45, 7) is 5.95. The van der Waals surface area contributed by atoms with E-state index in [0.717, 1.165) is 12.0 Å². The van der Waals surface area contributed by atoms with Gasteiger partial charge >= 0.3 is 5.97 Å². The van der Waals surface area contributed by atoms with E-state index in [2.05, 4.69) is 5.32 Å². The van der Waals surface area contributed by atoms with Gasteiger partial charge in [0.15, 0.2) is 0 Å². The van der Waals surface area contributed by atoms with Crippen molar-refractivity contribution in [2.24, 2.45) is 0 Å². The number of hydrogen-bond acceptors (Lipinski definition) is 5. The topological polar surface area (TPSA) is 109 Å². The Morgan fingerprint density at radius 3 is 2.61 bits per heavy atom. The Labute approximate surface area is 195 Å². The van der Waals surface area contributed by atoms with E-state index in [-0.39, 0.29) is 11.5 Å². The number of benzene rings is 1. The van der Waals surface area contributed by atoms with Crippen molar-refractivity contribution in [1.29, 1.82) is 0 Å². The van der Waals surface area contributed by atoms with Crippen molar-refractivity contribution in [3.05, 3.63) is 51.9 Å². The average Bonchev–Trinajstić information content (AvgIpc) is 3.42. The van der Waals surface area contributed by atoms with Gasteiger partial charge < -0.3 is 15.3 Å². The molecule has 1 fully saturated rings. The van der Waals surface area contributed by atoms with Crippen LogP contribution in [-0.2, 0) is 16.1 Å². The number of amides is 1. The van der Waals surface area contributed by atoms with Crippen LogP contribution < -0.4 is 15.8 Å². The van der Waals surface area contributed by atoms with Crippen LogP contribution in [0.3, 0.4) is 0 Å². The summed E-state index contributed by atoms with van der Waals surface area (Å²) in [6, 6.07) is 8.16. The second-order valence-electron chi connectivity index (χ2n) is 8.66. The highest BCUT2D eigenvalue weighted by Crippen LogP contribution is 2.28. The van der Waals surface area contributed by atoms with Crippen LogP contribution >= 0.6 is 11.6 Å². The van der Waals surface area contributed by atoms with Gasteiger partial charge in [0, 0.05) is 35.9 Å². The fourth-order valence-corrected chi connectivity index (χ4v) is 4.27. The SMILES string of the molecule is CCn1c(N2CCC[C@H]2C(=O)NC(C)(C)C(=O)O)cc(=O)n2cc(-c3ccc(Cl)cc3)nc12. The van der Waals surface area contributed by atoms with E-state index in [0.29, 0.717) is 41.8 Å². The highest BCUT2D eigenvalue weighted by Gasteiger charge is 2.37. The first kappa shape index (κ1) is 22.8. The number of fused-ring (bicyclic) bond motifs is 1. The van der Waals surface area contributed by atoms with Gasteiger partial charge in [-0.25, -0.2) is 9.78 Å². The number of aryl methyl sites for hydroxylation is 1. The van der Waals surface area contributed by atoms with Gasteiger partial charge in [-0.3, -0.25) is 18.6 Å². The minimum absolute atomic E-state index is 0.255. The Hall–Kier alpha value is -3.33. The highest BCUT2D eigenvalue weighted by atomic mass is 35.5. The number of imidazole rings is 1. The van der Waals surface area contributed by atoms with Gasteiger partial charge in [-0.15, -0.1) is 0 Å². The van der Waals surface area contributed by atoms with Crippen LogP contribution in [0.5, 0.6) is 0 Å². The Morgan fingerprint density at radius 1 is 1.27 bits per heavy atom. The molecule has 0 radical (unpaired) electrons. The number of nitrogens with zero attached hydrogens (tertiary/aromatic N) is 4. The molecule has 1 amide bonds. The molecule has 9 nitrogen and oxygen atoms in total. The highest BCUT2D eigenvalue weighted by molar-refractivity contribution is 6.30. The van der Waals surface area contributed by atoms with Gasteiger partial charge in [0.05, 0.1) is 5.69 Å². The summed E-state index contributed by atoms with van der Waals surface area (Å²) in [6.07, 6.45) is 3.01. The molecule has 0 aliphatic carbocycles. The summed E-state index contributed by atoms with van der Waals surface area (Å²) >= 11 is 5.99. The molecule has 33 heavy (non-hydrogen) atoms. The molecule has 174 valence electrons. The lowest BCUT2D eigenvalue weighted by Gasteiger charge is -2.31. The van der Waals surface area contributed by atoms with Gasteiger partial charge in [-0.2, -0.15) is 0 Å². The number of carbonyl (C=O) groups excluding carboxylic acids is 1. The van der Waals surface area contributed by atoms with Crippen LogP contribution in [-0.4, -0.2) is 49.1 Å². The maximum Gasteiger partial charge on any atom is 0.328 e. The number of carboxylic acids is 1. The molecule has 3 heterocycles.